The first kappa shape index (κ1) is 13.5. The van der Waals surface area contributed by atoms with Gasteiger partial charge in [0.15, 0.2) is 0 Å². The average molecular weight is 251 g/mol. The van der Waals surface area contributed by atoms with Crippen molar-refractivity contribution in [3.05, 3.63) is 35.6 Å². The summed E-state index contributed by atoms with van der Waals surface area (Å²) in [5.74, 6) is 0.536. The van der Waals surface area contributed by atoms with Gasteiger partial charge in [-0.2, -0.15) is 0 Å². The van der Waals surface area contributed by atoms with E-state index in [2.05, 4.69) is 12.2 Å². The SMILES string of the molecule is CCNC(CC1CCOCC1)c1cccc(F)c1. The first-order valence-corrected chi connectivity index (χ1v) is 6.86. The Balaban J connectivity index is 2.02. The van der Waals surface area contributed by atoms with E-state index in [-0.39, 0.29) is 11.9 Å². The van der Waals surface area contributed by atoms with Crippen molar-refractivity contribution in [2.45, 2.75) is 32.2 Å². The van der Waals surface area contributed by atoms with Crippen molar-refractivity contribution in [1.82, 2.24) is 5.32 Å². The molecule has 0 bridgehead atoms. The van der Waals surface area contributed by atoms with Crippen LogP contribution >= 0.6 is 0 Å². The minimum absolute atomic E-state index is 0.151. The molecule has 1 saturated heterocycles. The molecule has 1 aromatic carbocycles. The maximum Gasteiger partial charge on any atom is 0.123 e. The highest BCUT2D eigenvalue weighted by atomic mass is 19.1. The van der Waals surface area contributed by atoms with Gasteiger partial charge in [0.2, 0.25) is 0 Å². The van der Waals surface area contributed by atoms with E-state index in [1.54, 1.807) is 12.1 Å². The Morgan fingerprint density at radius 2 is 2.17 bits per heavy atom. The normalized spacial score (nSPS) is 18.8. The maximum atomic E-state index is 13.3. The van der Waals surface area contributed by atoms with E-state index < -0.39 is 0 Å². The molecule has 0 radical (unpaired) electrons. The number of hydrogen-bond donors (Lipinski definition) is 1. The van der Waals surface area contributed by atoms with Crippen LogP contribution in [0.25, 0.3) is 0 Å². The zero-order valence-corrected chi connectivity index (χ0v) is 11.0. The van der Waals surface area contributed by atoms with E-state index in [1.807, 2.05) is 6.07 Å². The van der Waals surface area contributed by atoms with Gasteiger partial charge < -0.3 is 10.1 Å². The Bertz CT molecular complexity index is 363. The van der Waals surface area contributed by atoms with Crippen LogP contribution in [-0.4, -0.2) is 19.8 Å². The summed E-state index contributed by atoms with van der Waals surface area (Å²) in [4.78, 5) is 0. The first-order chi connectivity index (χ1) is 8.79. The van der Waals surface area contributed by atoms with Crippen LogP contribution in [0.3, 0.4) is 0 Å². The van der Waals surface area contributed by atoms with E-state index in [9.17, 15) is 4.39 Å². The molecule has 1 N–H and O–H groups in total. The fourth-order valence-electron chi connectivity index (χ4n) is 2.62. The number of benzene rings is 1. The lowest BCUT2D eigenvalue weighted by Crippen LogP contribution is -2.26. The van der Waals surface area contributed by atoms with Crippen LogP contribution in [0.15, 0.2) is 24.3 Å². The molecule has 0 aromatic heterocycles. The van der Waals surface area contributed by atoms with Gasteiger partial charge in [-0.15, -0.1) is 0 Å². The summed E-state index contributed by atoms with van der Waals surface area (Å²) in [5, 5.41) is 3.47. The summed E-state index contributed by atoms with van der Waals surface area (Å²) in [6, 6.07) is 7.20. The molecule has 2 rings (SSSR count). The van der Waals surface area contributed by atoms with Gasteiger partial charge in [0.1, 0.15) is 5.82 Å². The number of halogens is 1. The Morgan fingerprint density at radius 3 is 2.83 bits per heavy atom. The van der Waals surface area contributed by atoms with Crippen molar-refractivity contribution in [2.75, 3.05) is 19.8 Å². The van der Waals surface area contributed by atoms with Gasteiger partial charge in [0.25, 0.3) is 0 Å². The summed E-state index contributed by atoms with van der Waals surface area (Å²) in [6.07, 6.45) is 3.31. The zero-order chi connectivity index (χ0) is 12.8. The van der Waals surface area contributed by atoms with Crippen molar-refractivity contribution in [3.8, 4) is 0 Å². The molecule has 1 aliphatic rings. The third-order valence-electron chi connectivity index (χ3n) is 3.61. The van der Waals surface area contributed by atoms with Crippen LogP contribution in [0.2, 0.25) is 0 Å². The molecular weight excluding hydrogens is 229 g/mol. The van der Waals surface area contributed by atoms with Gasteiger partial charge in [-0.1, -0.05) is 19.1 Å². The van der Waals surface area contributed by atoms with E-state index >= 15 is 0 Å². The summed E-state index contributed by atoms with van der Waals surface area (Å²) in [7, 11) is 0. The second-order valence-electron chi connectivity index (χ2n) is 4.96. The molecule has 100 valence electrons. The standard InChI is InChI=1S/C15H22FNO/c1-2-17-15(10-12-6-8-18-9-7-12)13-4-3-5-14(16)11-13/h3-5,11-12,15,17H,2,6-10H2,1H3. The van der Waals surface area contributed by atoms with Crippen LogP contribution in [0.1, 0.15) is 37.8 Å². The molecule has 3 heteroatoms. The molecule has 1 heterocycles. The summed E-state index contributed by atoms with van der Waals surface area (Å²) >= 11 is 0. The van der Waals surface area contributed by atoms with Crippen LogP contribution in [0, 0.1) is 11.7 Å². The molecule has 0 spiro atoms. The Labute approximate surface area is 109 Å². The third-order valence-corrected chi connectivity index (χ3v) is 3.61. The van der Waals surface area contributed by atoms with Gasteiger partial charge in [0, 0.05) is 19.3 Å². The molecule has 0 aliphatic carbocycles. The fourth-order valence-corrected chi connectivity index (χ4v) is 2.62. The molecule has 18 heavy (non-hydrogen) atoms. The second-order valence-corrected chi connectivity index (χ2v) is 4.96. The molecular formula is C15H22FNO. The molecule has 0 saturated carbocycles. The predicted octanol–water partition coefficient (Wildman–Crippen LogP) is 3.29. The Morgan fingerprint density at radius 1 is 1.39 bits per heavy atom. The summed E-state index contributed by atoms with van der Waals surface area (Å²) < 4.78 is 18.7. The molecule has 0 amide bonds. The first-order valence-electron chi connectivity index (χ1n) is 6.86. The van der Waals surface area contributed by atoms with Gasteiger partial charge in [-0.3, -0.25) is 0 Å². The number of ether oxygens (including phenoxy) is 1. The molecule has 1 fully saturated rings. The van der Waals surface area contributed by atoms with Crippen molar-refractivity contribution >= 4 is 0 Å². The highest BCUT2D eigenvalue weighted by molar-refractivity contribution is 5.20. The molecule has 1 aliphatic heterocycles. The van der Waals surface area contributed by atoms with Crippen molar-refractivity contribution in [1.29, 1.82) is 0 Å². The van der Waals surface area contributed by atoms with E-state index in [0.29, 0.717) is 5.92 Å². The molecule has 1 aromatic rings. The average Bonchev–Trinajstić information content (AvgIpc) is 2.39. The molecule has 2 nitrogen and oxygen atoms in total. The van der Waals surface area contributed by atoms with Gasteiger partial charge in [0.05, 0.1) is 0 Å². The minimum atomic E-state index is -0.151. The van der Waals surface area contributed by atoms with Crippen LogP contribution in [0.4, 0.5) is 4.39 Å². The lowest BCUT2D eigenvalue weighted by atomic mass is 9.89. The zero-order valence-electron chi connectivity index (χ0n) is 11.0. The number of hydrogen-bond acceptors (Lipinski definition) is 2. The largest absolute Gasteiger partial charge is 0.381 e. The third kappa shape index (κ3) is 3.79. The van der Waals surface area contributed by atoms with Crippen molar-refractivity contribution in [2.24, 2.45) is 5.92 Å². The second kappa shape index (κ2) is 6.86. The Hall–Kier alpha value is -0.930. The highest BCUT2D eigenvalue weighted by Crippen LogP contribution is 2.27. The predicted molar refractivity (Wildman–Crippen MR) is 71.0 cm³/mol. The molecule has 1 unspecified atom stereocenters. The summed E-state index contributed by atoms with van der Waals surface area (Å²) in [6.45, 7) is 4.74. The minimum Gasteiger partial charge on any atom is -0.381 e. The van der Waals surface area contributed by atoms with Crippen LogP contribution in [0.5, 0.6) is 0 Å². The van der Waals surface area contributed by atoms with E-state index in [4.69, 9.17) is 4.74 Å². The van der Waals surface area contributed by atoms with Gasteiger partial charge >= 0.3 is 0 Å². The smallest absolute Gasteiger partial charge is 0.123 e. The molecule has 1 atom stereocenters. The summed E-state index contributed by atoms with van der Waals surface area (Å²) in [5.41, 5.74) is 1.06. The fraction of sp³-hybridized carbons (Fsp3) is 0.600. The van der Waals surface area contributed by atoms with E-state index in [1.165, 1.54) is 6.07 Å². The van der Waals surface area contributed by atoms with Gasteiger partial charge in [-0.25, -0.2) is 4.39 Å². The van der Waals surface area contributed by atoms with Crippen molar-refractivity contribution in [3.63, 3.8) is 0 Å². The van der Waals surface area contributed by atoms with Crippen molar-refractivity contribution < 1.29 is 9.13 Å². The van der Waals surface area contributed by atoms with Crippen LogP contribution < -0.4 is 5.32 Å². The Kier molecular flexibility index (Phi) is 5.14. The quantitative estimate of drug-likeness (QED) is 0.867. The topological polar surface area (TPSA) is 21.3 Å². The monoisotopic (exact) mass is 251 g/mol. The maximum absolute atomic E-state index is 13.3. The highest BCUT2D eigenvalue weighted by Gasteiger charge is 2.20. The number of rotatable bonds is 5. The van der Waals surface area contributed by atoms with Gasteiger partial charge in [-0.05, 0) is 49.4 Å². The van der Waals surface area contributed by atoms with Crippen LogP contribution in [-0.2, 0) is 4.74 Å². The lowest BCUT2D eigenvalue weighted by molar-refractivity contribution is 0.0605. The number of nitrogens with one attached hydrogen (secondary N) is 1. The lowest BCUT2D eigenvalue weighted by Gasteiger charge is -2.27. The van der Waals surface area contributed by atoms with E-state index in [0.717, 1.165) is 44.6 Å².